The fourth-order valence-electron chi connectivity index (χ4n) is 1.21. The van der Waals surface area contributed by atoms with Crippen molar-refractivity contribution >= 4 is 38.5 Å². The van der Waals surface area contributed by atoms with Gasteiger partial charge in [0.05, 0.1) is 3.57 Å². The monoisotopic (exact) mass is 390 g/mol. The molecule has 2 aromatic rings. The average Bonchev–Trinajstić information content (AvgIpc) is 2.25. The van der Waals surface area contributed by atoms with Gasteiger partial charge in [-0.3, -0.25) is 0 Å². The molecule has 0 N–H and O–H groups in total. The average molecular weight is 391 g/mol. The lowest BCUT2D eigenvalue weighted by Gasteiger charge is -2.08. The van der Waals surface area contributed by atoms with Crippen LogP contribution in [0.4, 0.5) is 0 Å². The predicted molar refractivity (Wildman–Crippen MR) is 73.7 cm³/mol. The molecule has 16 heavy (non-hydrogen) atoms. The van der Waals surface area contributed by atoms with E-state index in [4.69, 9.17) is 4.74 Å². The van der Waals surface area contributed by atoms with Gasteiger partial charge < -0.3 is 4.74 Å². The number of rotatable bonds is 2. The van der Waals surface area contributed by atoms with Crippen molar-refractivity contribution in [3.05, 3.63) is 44.3 Å². The van der Waals surface area contributed by atoms with Crippen molar-refractivity contribution in [2.24, 2.45) is 0 Å². The Kier molecular flexibility index (Phi) is 3.75. The molecule has 0 radical (unpaired) electrons. The number of benzene rings is 1. The van der Waals surface area contributed by atoms with Gasteiger partial charge in [0.1, 0.15) is 12.1 Å². The van der Waals surface area contributed by atoms with Crippen molar-refractivity contribution in [1.29, 1.82) is 0 Å². The van der Waals surface area contributed by atoms with Crippen LogP contribution in [-0.4, -0.2) is 9.97 Å². The number of ether oxygens (including phenoxy) is 1. The Balaban J connectivity index is 2.31. The fraction of sp³-hybridized carbons (Fsp3) is 0.0909. The van der Waals surface area contributed by atoms with E-state index in [9.17, 15) is 0 Å². The maximum Gasteiger partial charge on any atom is 0.235 e. The number of halogens is 2. The first kappa shape index (κ1) is 11.8. The molecular weight excluding hydrogens is 383 g/mol. The van der Waals surface area contributed by atoms with E-state index in [0.29, 0.717) is 5.88 Å². The third-order valence-electron chi connectivity index (χ3n) is 1.98. The summed E-state index contributed by atoms with van der Waals surface area (Å²) in [5, 5.41) is 0. The molecule has 0 aliphatic carbocycles. The molecule has 5 heteroatoms. The zero-order valence-electron chi connectivity index (χ0n) is 8.45. The highest BCUT2D eigenvalue weighted by molar-refractivity contribution is 14.1. The zero-order valence-corrected chi connectivity index (χ0v) is 12.2. The van der Waals surface area contributed by atoms with E-state index in [1.807, 2.05) is 25.1 Å². The number of hydrogen-bond acceptors (Lipinski definition) is 3. The minimum atomic E-state index is 0.584. The lowest BCUT2D eigenvalue weighted by atomic mass is 10.2. The molecule has 82 valence electrons. The van der Waals surface area contributed by atoms with E-state index in [2.05, 4.69) is 48.5 Å². The molecule has 1 aromatic heterocycles. The van der Waals surface area contributed by atoms with E-state index in [1.54, 1.807) is 6.20 Å². The van der Waals surface area contributed by atoms with Crippen LogP contribution in [0, 0.1) is 10.5 Å². The van der Waals surface area contributed by atoms with Crippen LogP contribution in [-0.2, 0) is 0 Å². The summed E-state index contributed by atoms with van der Waals surface area (Å²) < 4.78 is 7.64. The summed E-state index contributed by atoms with van der Waals surface area (Å²) in [5.41, 5.74) is 1.06. The Morgan fingerprint density at radius 1 is 1.38 bits per heavy atom. The Morgan fingerprint density at radius 2 is 2.19 bits per heavy atom. The Labute approximate surface area is 116 Å². The molecule has 0 bridgehead atoms. The minimum Gasteiger partial charge on any atom is -0.438 e. The van der Waals surface area contributed by atoms with Gasteiger partial charge in [-0.05, 0) is 53.3 Å². The molecule has 2 rings (SSSR count). The lowest BCUT2D eigenvalue weighted by molar-refractivity contribution is 0.454. The first-order valence-electron chi connectivity index (χ1n) is 4.56. The quantitative estimate of drug-likeness (QED) is 0.728. The standard InChI is InChI=1S/C11H8BrIN2O/c1-7-4-8(12)2-3-10(7)16-11-9(13)5-14-6-15-11/h2-6H,1H3. The van der Waals surface area contributed by atoms with Gasteiger partial charge in [-0.2, -0.15) is 0 Å². The molecule has 1 heterocycles. The SMILES string of the molecule is Cc1cc(Br)ccc1Oc1ncncc1I. The molecule has 0 unspecified atom stereocenters. The van der Waals surface area contributed by atoms with Crippen molar-refractivity contribution in [2.45, 2.75) is 6.92 Å². The largest absolute Gasteiger partial charge is 0.438 e. The third-order valence-corrected chi connectivity index (χ3v) is 3.21. The third kappa shape index (κ3) is 2.70. The van der Waals surface area contributed by atoms with E-state index < -0.39 is 0 Å². The lowest BCUT2D eigenvalue weighted by Crippen LogP contribution is -1.93. The van der Waals surface area contributed by atoms with E-state index in [0.717, 1.165) is 19.4 Å². The smallest absolute Gasteiger partial charge is 0.235 e. The van der Waals surface area contributed by atoms with Crippen molar-refractivity contribution < 1.29 is 4.74 Å². The molecule has 3 nitrogen and oxygen atoms in total. The summed E-state index contributed by atoms with van der Waals surface area (Å²) in [4.78, 5) is 8.00. The summed E-state index contributed by atoms with van der Waals surface area (Å²) in [5.74, 6) is 1.39. The number of aromatic nitrogens is 2. The van der Waals surface area contributed by atoms with Gasteiger partial charge in [-0.25, -0.2) is 9.97 Å². The van der Waals surface area contributed by atoms with E-state index in [-0.39, 0.29) is 0 Å². The minimum absolute atomic E-state index is 0.584. The Hall–Kier alpha value is -0.690. The van der Waals surface area contributed by atoms with E-state index in [1.165, 1.54) is 6.33 Å². The summed E-state index contributed by atoms with van der Waals surface area (Å²) in [7, 11) is 0. The summed E-state index contributed by atoms with van der Waals surface area (Å²) in [6, 6.07) is 5.86. The summed E-state index contributed by atoms with van der Waals surface area (Å²) >= 11 is 5.56. The van der Waals surface area contributed by atoms with Gasteiger partial charge >= 0.3 is 0 Å². The maximum absolute atomic E-state index is 5.72. The summed E-state index contributed by atoms with van der Waals surface area (Å²) in [6.07, 6.45) is 3.20. The van der Waals surface area contributed by atoms with Crippen LogP contribution in [0.1, 0.15) is 5.56 Å². The second kappa shape index (κ2) is 5.09. The zero-order chi connectivity index (χ0) is 11.5. The van der Waals surface area contributed by atoms with Crippen molar-refractivity contribution in [1.82, 2.24) is 9.97 Å². The van der Waals surface area contributed by atoms with Gasteiger partial charge in [-0.15, -0.1) is 0 Å². The van der Waals surface area contributed by atoms with Gasteiger partial charge in [0.25, 0.3) is 0 Å². The molecule has 0 amide bonds. The van der Waals surface area contributed by atoms with Crippen LogP contribution in [0.15, 0.2) is 35.2 Å². The Bertz CT molecular complexity index is 519. The number of hydrogen-bond donors (Lipinski definition) is 0. The van der Waals surface area contributed by atoms with Gasteiger partial charge in [0.15, 0.2) is 0 Å². The van der Waals surface area contributed by atoms with Crippen LogP contribution in [0.3, 0.4) is 0 Å². The second-order valence-electron chi connectivity index (χ2n) is 3.19. The van der Waals surface area contributed by atoms with Crippen molar-refractivity contribution in [3.8, 4) is 11.6 Å². The summed E-state index contributed by atoms with van der Waals surface area (Å²) in [6.45, 7) is 1.99. The van der Waals surface area contributed by atoms with Gasteiger partial charge in [0, 0.05) is 10.7 Å². The number of aryl methyl sites for hydroxylation is 1. The van der Waals surface area contributed by atoms with E-state index >= 15 is 0 Å². The highest BCUT2D eigenvalue weighted by Gasteiger charge is 2.06. The van der Waals surface area contributed by atoms with Crippen LogP contribution < -0.4 is 4.74 Å². The first-order valence-corrected chi connectivity index (χ1v) is 6.43. The predicted octanol–water partition coefficient (Wildman–Crippen LogP) is 3.94. The van der Waals surface area contributed by atoms with Crippen LogP contribution in [0.2, 0.25) is 0 Å². The normalized spacial score (nSPS) is 10.2. The highest BCUT2D eigenvalue weighted by atomic mass is 127. The molecule has 0 aliphatic rings. The maximum atomic E-state index is 5.72. The molecular formula is C11H8BrIN2O. The highest BCUT2D eigenvalue weighted by Crippen LogP contribution is 2.28. The van der Waals surface area contributed by atoms with Crippen molar-refractivity contribution in [3.63, 3.8) is 0 Å². The first-order chi connectivity index (χ1) is 7.66. The molecule has 0 aliphatic heterocycles. The van der Waals surface area contributed by atoms with Gasteiger partial charge in [0.2, 0.25) is 5.88 Å². The Morgan fingerprint density at radius 3 is 2.88 bits per heavy atom. The van der Waals surface area contributed by atoms with Crippen molar-refractivity contribution in [2.75, 3.05) is 0 Å². The van der Waals surface area contributed by atoms with Crippen LogP contribution >= 0.6 is 38.5 Å². The fourth-order valence-corrected chi connectivity index (χ4v) is 2.09. The molecule has 0 saturated heterocycles. The number of nitrogens with zero attached hydrogens (tertiary/aromatic N) is 2. The van der Waals surface area contributed by atoms with Crippen LogP contribution in [0.25, 0.3) is 0 Å². The molecule has 0 spiro atoms. The molecule has 1 aromatic carbocycles. The molecule has 0 atom stereocenters. The van der Waals surface area contributed by atoms with Gasteiger partial charge in [-0.1, -0.05) is 15.9 Å². The topological polar surface area (TPSA) is 35.0 Å². The molecule has 0 fully saturated rings. The molecule has 0 saturated carbocycles. The van der Waals surface area contributed by atoms with Crippen LogP contribution in [0.5, 0.6) is 11.6 Å². The second-order valence-corrected chi connectivity index (χ2v) is 5.27.